The smallest absolute Gasteiger partial charge is 0.391 e. The van der Waals surface area contributed by atoms with E-state index in [9.17, 15) is 18.0 Å². The van der Waals surface area contributed by atoms with E-state index in [0.29, 0.717) is 19.4 Å². The van der Waals surface area contributed by atoms with Gasteiger partial charge in [0.15, 0.2) is 0 Å². The summed E-state index contributed by atoms with van der Waals surface area (Å²) >= 11 is 0. The molecule has 1 aliphatic carbocycles. The number of halogens is 3. The van der Waals surface area contributed by atoms with Crippen molar-refractivity contribution in [1.82, 2.24) is 5.32 Å². The molecule has 1 heterocycles. The Kier molecular flexibility index (Phi) is 3.10. The van der Waals surface area contributed by atoms with Crippen LogP contribution in [0.25, 0.3) is 0 Å². The number of ether oxygens (including phenoxy) is 1. The number of methoxy groups -OCH3 is 1. The van der Waals surface area contributed by atoms with Gasteiger partial charge in [-0.2, -0.15) is 13.2 Å². The monoisotopic (exact) mass is 251 g/mol. The van der Waals surface area contributed by atoms with Gasteiger partial charge in [-0.25, -0.2) is 0 Å². The highest BCUT2D eigenvalue weighted by Crippen LogP contribution is 2.50. The van der Waals surface area contributed by atoms with E-state index in [4.69, 9.17) is 0 Å². The summed E-state index contributed by atoms with van der Waals surface area (Å²) in [6.07, 6.45) is -2.72. The topological polar surface area (TPSA) is 38.3 Å². The second-order valence-electron chi connectivity index (χ2n) is 5.03. The van der Waals surface area contributed by atoms with Gasteiger partial charge in [0, 0.05) is 12.0 Å². The van der Waals surface area contributed by atoms with E-state index in [1.54, 1.807) is 0 Å². The minimum atomic E-state index is -4.15. The summed E-state index contributed by atoms with van der Waals surface area (Å²) in [7, 11) is 1.26. The summed E-state index contributed by atoms with van der Waals surface area (Å²) < 4.78 is 42.8. The molecule has 1 saturated heterocycles. The fourth-order valence-corrected chi connectivity index (χ4v) is 3.04. The third-order valence-electron chi connectivity index (χ3n) is 4.05. The lowest BCUT2D eigenvalue weighted by molar-refractivity contribution is -0.202. The molecule has 0 bridgehead atoms. The highest BCUT2D eigenvalue weighted by molar-refractivity contribution is 5.78. The van der Waals surface area contributed by atoms with Gasteiger partial charge >= 0.3 is 12.1 Å². The lowest BCUT2D eigenvalue weighted by Crippen LogP contribution is -2.67. The molecular formula is C11H16F3NO2. The zero-order valence-electron chi connectivity index (χ0n) is 9.64. The summed E-state index contributed by atoms with van der Waals surface area (Å²) in [5, 5.41) is 2.89. The van der Waals surface area contributed by atoms with Gasteiger partial charge in [0.05, 0.1) is 13.0 Å². The van der Waals surface area contributed by atoms with Crippen molar-refractivity contribution in [3.05, 3.63) is 0 Å². The SMILES string of the molecule is COC(=O)[C@@H]1NC[C@@]12CCC[C@@H](C(F)(F)F)C2. The van der Waals surface area contributed by atoms with Crippen LogP contribution in [-0.4, -0.2) is 31.8 Å². The molecule has 3 nitrogen and oxygen atoms in total. The first kappa shape index (κ1) is 12.7. The normalized spacial score (nSPS) is 37.6. The van der Waals surface area contributed by atoms with Crippen LogP contribution in [0.15, 0.2) is 0 Å². The van der Waals surface area contributed by atoms with Crippen LogP contribution in [0.2, 0.25) is 0 Å². The number of hydrogen-bond donors (Lipinski definition) is 1. The molecule has 0 unspecified atom stereocenters. The number of rotatable bonds is 1. The number of carbonyl (C=O) groups excluding carboxylic acids is 1. The Morgan fingerprint density at radius 1 is 1.47 bits per heavy atom. The molecule has 1 saturated carbocycles. The minimum absolute atomic E-state index is 0.0449. The number of alkyl halides is 3. The molecule has 0 aromatic carbocycles. The van der Waals surface area contributed by atoms with Crippen molar-refractivity contribution in [1.29, 1.82) is 0 Å². The number of hydrogen-bond acceptors (Lipinski definition) is 3. The Morgan fingerprint density at radius 3 is 2.65 bits per heavy atom. The average molecular weight is 251 g/mol. The van der Waals surface area contributed by atoms with Crippen molar-refractivity contribution in [2.45, 2.75) is 37.9 Å². The Hall–Kier alpha value is -0.780. The van der Waals surface area contributed by atoms with E-state index in [-0.39, 0.29) is 12.8 Å². The van der Waals surface area contributed by atoms with Crippen molar-refractivity contribution < 1.29 is 22.7 Å². The van der Waals surface area contributed by atoms with E-state index in [2.05, 4.69) is 10.1 Å². The molecule has 6 heteroatoms. The Labute approximate surface area is 97.7 Å². The summed E-state index contributed by atoms with van der Waals surface area (Å²) in [6.45, 7) is 0.485. The molecule has 17 heavy (non-hydrogen) atoms. The lowest BCUT2D eigenvalue weighted by atomic mass is 9.61. The van der Waals surface area contributed by atoms with E-state index in [1.165, 1.54) is 7.11 Å². The summed E-state index contributed by atoms with van der Waals surface area (Å²) in [5.41, 5.74) is -0.536. The van der Waals surface area contributed by atoms with Crippen molar-refractivity contribution in [3.8, 4) is 0 Å². The quantitative estimate of drug-likeness (QED) is 0.723. The molecule has 1 aliphatic heterocycles. The molecule has 1 spiro atoms. The molecule has 98 valence electrons. The summed E-state index contributed by atoms with van der Waals surface area (Å²) in [6, 6.07) is -0.558. The maximum absolute atomic E-state index is 12.7. The fourth-order valence-electron chi connectivity index (χ4n) is 3.04. The van der Waals surface area contributed by atoms with Crippen molar-refractivity contribution in [3.63, 3.8) is 0 Å². The number of esters is 1. The van der Waals surface area contributed by atoms with Gasteiger partial charge in [0.2, 0.25) is 0 Å². The van der Waals surface area contributed by atoms with Crippen molar-refractivity contribution in [2.24, 2.45) is 11.3 Å². The van der Waals surface area contributed by atoms with Gasteiger partial charge in [-0.15, -0.1) is 0 Å². The molecular weight excluding hydrogens is 235 g/mol. The van der Waals surface area contributed by atoms with Gasteiger partial charge in [-0.05, 0) is 19.3 Å². The molecule has 0 amide bonds. The molecule has 0 aromatic heterocycles. The Morgan fingerprint density at radius 2 is 2.18 bits per heavy atom. The summed E-state index contributed by atoms with van der Waals surface area (Å²) in [5.74, 6) is -1.72. The molecule has 0 radical (unpaired) electrons. The van der Waals surface area contributed by atoms with Crippen LogP contribution in [0.4, 0.5) is 13.2 Å². The largest absolute Gasteiger partial charge is 0.468 e. The highest BCUT2D eigenvalue weighted by atomic mass is 19.4. The predicted molar refractivity (Wildman–Crippen MR) is 54.3 cm³/mol. The Bertz CT molecular complexity index is 318. The first-order chi connectivity index (χ1) is 7.89. The van der Waals surface area contributed by atoms with Gasteiger partial charge < -0.3 is 10.1 Å². The predicted octanol–water partition coefficient (Wildman–Crippen LogP) is 1.87. The molecule has 0 aromatic rings. The fraction of sp³-hybridized carbons (Fsp3) is 0.909. The van der Waals surface area contributed by atoms with Gasteiger partial charge in [0.25, 0.3) is 0 Å². The van der Waals surface area contributed by atoms with Gasteiger partial charge in [0.1, 0.15) is 6.04 Å². The van der Waals surface area contributed by atoms with E-state index < -0.39 is 29.5 Å². The van der Waals surface area contributed by atoms with Crippen molar-refractivity contribution >= 4 is 5.97 Å². The maximum atomic E-state index is 12.7. The molecule has 1 N–H and O–H groups in total. The third kappa shape index (κ3) is 2.14. The Balaban J connectivity index is 2.09. The first-order valence-electron chi connectivity index (χ1n) is 5.77. The van der Waals surface area contributed by atoms with Crippen LogP contribution in [0.5, 0.6) is 0 Å². The van der Waals surface area contributed by atoms with E-state index >= 15 is 0 Å². The van der Waals surface area contributed by atoms with E-state index in [0.717, 1.165) is 0 Å². The second-order valence-corrected chi connectivity index (χ2v) is 5.03. The van der Waals surface area contributed by atoms with E-state index in [1.807, 2.05) is 0 Å². The van der Waals surface area contributed by atoms with Crippen LogP contribution in [-0.2, 0) is 9.53 Å². The first-order valence-corrected chi connectivity index (χ1v) is 5.77. The van der Waals surface area contributed by atoms with Crippen LogP contribution in [0, 0.1) is 11.3 Å². The summed E-state index contributed by atoms with van der Waals surface area (Å²) in [4.78, 5) is 11.5. The standard InChI is InChI=1S/C11H16F3NO2/c1-17-9(16)8-10(6-15-8)4-2-3-7(5-10)11(12,13)14/h7-8,15H,2-6H2,1H3/t7-,8+,10+/m1/s1. The second kappa shape index (κ2) is 4.15. The highest BCUT2D eigenvalue weighted by Gasteiger charge is 2.57. The van der Waals surface area contributed by atoms with Gasteiger partial charge in [-0.1, -0.05) is 6.42 Å². The average Bonchev–Trinajstić information content (AvgIpc) is 2.26. The lowest BCUT2D eigenvalue weighted by Gasteiger charge is -2.53. The van der Waals surface area contributed by atoms with Gasteiger partial charge in [-0.3, -0.25) is 4.79 Å². The molecule has 2 fully saturated rings. The molecule has 2 rings (SSSR count). The van der Waals surface area contributed by atoms with Crippen LogP contribution >= 0.6 is 0 Å². The van der Waals surface area contributed by atoms with Crippen molar-refractivity contribution in [2.75, 3.05) is 13.7 Å². The number of nitrogens with one attached hydrogen (secondary N) is 1. The zero-order chi connectivity index (χ0) is 12.7. The third-order valence-corrected chi connectivity index (χ3v) is 4.05. The maximum Gasteiger partial charge on any atom is 0.391 e. The molecule has 3 atom stereocenters. The molecule has 2 aliphatic rings. The van der Waals surface area contributed by atoms with Crippen LogP contribution in [0.1, 0.15) is 25.7 Å². The number of carbonyl (C=O) groups is 1. The minimum Gasteiger partial charge on any atom is -0.468 e. The van der Waals surface area contributed by atoms with Crippen LogP contribution < -0.4 is 5.32 Å². The zero-order valence-corrected chi connectivity index (χ0v) is 9.64. The van der Waals surface area contributed by atoms with Crippen LogP contribution in [0.3, 0.4) is 0 Å².